The van der Waals surface area contributed by atoms with Crippen molar-refractivity contribution >= 4 is 0 Å². The molecule has 6 heteroatoms. The van der Waals surface area contributed by atoms with E-state index < -0.39 is 11.6 Å². The third-order valence-electron chi connectivity index (χ3n) is 2.26. The van der Waals surface area contributed by atoms with Crippen LogP contribution in [0.4, 0.5) is 8.78 Å². The molecule has 2 aromatic rings. The van der Waals surface area contributed by atoms with E-state index in [1.807, 2.05) is 13.8 Å². The summed E-state index contributed by atoms with van der Waals surface area (Å²) in [7, 11) is 0. The van der Waals surface area contributed by atoms with Crippen molar-refractivity contribution in [2.24, 2.45) is 0 Å². The van der Waals surface area contributed by atoms with Crippen molar-refractivity contribution in [2.75, 3.05) is 0 Å². The zero-order valence-electron chi connectivity index (χ0n) is 10.6. The van der Waals surface area contributed by atoms with Gasteiger partial charge in [-0.3, -0.25) is 0 Å². The number of rotatable bonds is 5. The molecule has 0 amide bonds. The maximum atomic E-state index is 13.0. The molecule has 0 saturated carbocycles. The largest absolute Gasteiger partial charge is 0.417 e. The van der Waals surface area contributed by atoms with Crippen molar-refractivity contribution in [2.45, 2.75) is 26.4 Å². The first-order valence-electron chi connectivity index (χ1n) is 5.84. The highest BCUT2D eigenvalue weighted by atomic mass is 19.1. The highest BCUT2D eigenvalue weighted by molar-refractivity contribution is 5.26. The van der Waals surface area contributed by atoms with E-state index in [1.54, 1.807) is 0 Å². The lowest BCUT2D eigenvalue weighted by Crippen LogP contribution is -2.21. The lowest BCUT2D eigenvalue weighted by molar-refractivity contribution is 0.328. The Morgan fingerprint density at radius 1 is 1.26 bits per heavy atom. The highest BCUT2D eigenvalue weighted by Crippen LogP contribution is 2.22. The van der Waals surface area contributed by atoms with E-state index in [1.165, 1.54) is 6.26 Å². The number of halogens is 2. The second-order valence-corrected chi connectivity index (χ2v) is 4.35. The number of benzene rings is 1. The van der Waals surface area contributed by atoms with Crippen LogP contribution >= 0.6 is 0 Å². The summed E-state index contributed by atoms with van der Waals surface area (Å²) >= 11 is 0. The van der Waals surface area contributed by atoms with Crippen molar-refractivity contribution < 1.29 is 17.9 Å². The normalized spacial score (nSPS) is 11.0. The minimum Gasteiger partial charge on any atom is -0.417 e. The number of oxazole rings is 1. The summed E-state index contributed by atoms with van der Waals surface area (Å²) in [5.74, 6) is -1.44. The summed E-state index contributed by atoms with van der Waals surface area (Å²) in [5, 5.41) is 3.16. The van der Waals surface area contributed by atoms with Crippen LogP contribution in [0, 0.1) is 11.6 Å². The standard InChI is InChI=1S/C13H14F2N2O2/c1-8(2)16-6-11-7-18-13(17-11)19-12-4-9(14)3-10(15)5-12/h3-5,7-8,16H,6H2,1-2H3. The molecule has 4 nitrogen and oxygen atoms in total. The van der Waals surface area contributed by atoms with Crippen molar-refractivity contribution in [3.63, 3.8) is 0 Å². The van der Waals surface area contributed by atoms with Gasteiger partial charge in [0.25, 0.3) is 0 Å². The van der Waals surface area contributed by atoms with E-state index in [0.29, 0.717) is 18.3 Å². The van der Waals surface area contributed by atoms with Gasteiger partial charge in [0, 0.05) is 30.8 Å². The SMILES string of the molecule is CC(C)NCc1coc(Oc2cc(F)cc(F)c2)n1. The van der Waals surface area contributed by atoms with Gasteiger partial charge in [0.1, 0.15) is 23.6 Å². The number of ether oxygens (including phenoxy) is 1. The Bertz CT molecular complexity index is 535. The molecule has 0 aliphatic rings. The predicted molar refractivity (Wildman–Crippen MR) is 64.9 cm³/mol. The first-order valence-corrected chi connectivity index (χ1v) is 5.84. The van der Waals surface area contributed by atoms with Crippen molar-refractivity contribution in [1.29, 1.82) is 0 Å². The van der Waals surface area contributed by atoms with Gasteiger partial charge < -0.3 is 14.5 Å². The lowest BCUT2D eigenvalue weighted by Gasteiger charge is -2.04. The summed E-state index contributed by atoms with van der Waals surface area (Å²) in [6.45, 7) is 4.54. The smallest absolute Gasteiger partial charge is 0.399 e. The van der Waals surface area contributed by atoms with E-state index in [4.69, 9.17) is 9.15 Å². The number of nitrogens with zero attached hydrogens (tertiary/aromatic N) is 1. The Morgan fingerprint density at radius 3 is 2.58 bits per heavy atom. The maximum Gasteiger partial charge on any atom is 0.399 e. The molecule has 0 radical (unpaired) electrons. The summed E-state index contributed by atoms with van der Waals surface area (Å²) < 4.78 is 36.1. The van der Waals surface area contributed by atoms with Crippen molar-refractivity contribution in [3.8, 4) is 11.8 Å². The van der Waals surface area contributed by atoms with Crippen LogP contribution in [0.5, 0.6) is 11.8 Å². The first kappa shape index (κ1) is 13.5. The summed E-state index contributed by atoms with van der Waals surface area (Å²) in [5.41, 5.74) is 0.653. The highest BCUT2D eigenvalue weighted by Gasteiger charge is 2.08. The van der Waals surface area contributed by atoms with Gasteiger partial charge >= 0.3 is 6.08 Å². The Labute approximate surface area is 109 Å². The molecule has 1 heterocycles. The average Bonchev–Trinajstić information content (AvgIpc) is 2.72. The zero-order valence-corrected chi connectivity index (χ0v) is 10.6. The van der Waals surface area contributed by atoms with E-state index in [0.717, 1.165) is 18.2 Å². The molecule has 19 heavy (non-hydrogen) atoms. The minimum absolute atomic E-state index is 0.00252. The van der Waals surface area contributed by atoms with Crippen LogP contribution in [0.3, 0.4) is 0 Å². The van der Waals surface area contributed by atoms with Crippen LogP contribution in [-0.2, 0) is 6.54 Å². The van der Waals surface area contributed by atoms with Crippen molar-refractivity contribution in [1.82, 2.24) is 10.3 Å². The molecular formula is C13H14F2N2O2. The summed E-state index contributed by atoms with van der Waals surface area (Å²) in [6.07, 6.45) is 1.38. The van der Waals surface area contributed by atoms with E-state index in [2.05, 4.69) is 10.3 Å². The third kappa shape index (κ3) is 4.03. The Hall–Kier alpha value is -1.95. The van der Waals surface area contributed by atoms with Crippen LogP contribution in [0.1, 0.15) is 19.5 Å². The number of aromatic nitrogens is 1. The second-order valence-electron chi connectivity index (χ2n) is 4.35. The van der Waals surface area contributed by atoms with Crippen LogP contribution in [-0.4, -0.2) is 11.0 Å². The van der Waals surface area contributed by atoms with Crippen molar-refractivity contribution in [3.05, 3.63) is 41.8 Å². The van der Waals surface area contributed by atoms with Gasteiger partial charge in [-0.2, -0.15) is 4.98 Å². The van der Waals surface area contributed by atoms with Gasteiger partial charge in [0.15, 0.2) is 0 Å². The maximum absolute atomic E-state index is 13.0. The van der Waals surface area contributed by atoms with Gasteiger partial charge in [0.2, 0.25) is 0 Å². The minimum atomic E-state index is -0.719. The number of hydrogen-bond acceptors (Lipinski definition) is 4. The monoisotopic (exact) mass is 268 g/mol. The van der Waals surface area contributed by atoms with E-state index in [9.17, 15) is 8.78 Å². The predicted octanol–water partition coefficient (Wildman–Crippen LogP) is 3.24. The second kappa shape index (κ2) is 5.79. The molecule has 102 valence electrons. The molecule has 1 N–H and O–H groups in total. The Balaban J connectivity index is 2.03. The summed E-state index contributed by atoms with van der Waals surface area (Å²) in [4.78, 5) is 4.04. The molecule has 1 aromatic heterocycles. The molecule has 0 aliphatic heterocycles. The van der Waals surface area contributed by atoms with Crippen LogP contribution in [0.15, 0.2) is 28.9 Å². The Morgan fingerprint density at radius 2 is 1.95 bits per heavy atom. The van der Waals surface area contributed by atoms with Gasteiger partial charge in [-0.25, -0.2) is 8.78 Å². The van der Waals surface area contributed by atoms with Gasteiger partial charge in [-0.1, -0.05) is 13.8 Å². The average molecular weight is 268 g/mol. The van der Waals surface area contributed by atoms with E-state index >= 15 is 0 Å². The fourth-order valence-electron chi connectivity index (χ4n) is 1.41. The van der Waals surface area contributed by atoms with Crippen LogP contribution in [0.25, 0.3) is 0 Å². The lowest BCUT2D eigenvalue weighted by atomic mass is 10.3. The fourth-order valence-corrected chi connectivity index (χ4v) is 1.41. The molecule has 2 rings (SSSR count). The molecule has 0 aliphatic carbocycles. The molecule has 0 spiro atoms. The van der Waals surface area contributed by atoms with Gasteiger partial charge in [-0.05, 0) is 0 Å². The Kier molecular flexibility index (Phi) is 4.11. The van der Waals surface area contributed by atoms with Crippen LogP contribution in [0.2, 0.25) is 0 Å². The molecule has 0 unspecified atom stereocenters. The molecule has 0 bridgehead atoms. The fraction of sp³-hybridized carbons (Fsp3) is 0.308. The third-order valence-corrected chi connectivity index (χ3v) is 2.26. The van der Waals surface area contributed by atoms with E-state index in [-0.39, 0.29) is 11.8 Å². The molecule has 1 aromatic carbocycles. The van der Waals surface area contributed by atoms with Crippen LogP contribution < -0.4 is 10.1 Å². The summed E-state index contributed by atoms with van der Waals surface area (Å²) in [6, 6.07) is 3.19. The molecule has 0 atom stereocenters. The first-order chi connectivity index (χ1) is 9.02. The zero-order chi connectivity index (χ0) is 13.8. The quantitative estimate of drug-likeness (QED) is 0.904. The topological polar surface area (TPSA) is 47.3 Å². The molecule has 0 fully saturated rings. The molecular weight excluding hydrogens is 254 g/mol. The number of hydrogen-bond donors (Lipinski definition) is 1. The van der Waals surface area contributed by atoms with Gasteiger partial charge in [-0.15, -0.1) is 0 Å². The molecule has 0 saturated heterocycles. The number of nitrogens with one attached hydrogen (secondary N) is 1. The van der Waals surface area contributed by atoms with Gasteiger partial charge in [0.05, 0.1) is 5.69 Å².